The van der Waals surface area contributed by atoms with Crippen molar-refractivity contribution in [3.05, 3.63) is 65.6 Å². The molecule has 1 N–H and O–H groups in total. The largest absolute Gasteiger partial charge is 0.493 e. The predicted molar refractivity (Wildman–Crippen MR) is 108 cm³/mol. The van der Waals surface area contributed by atoms with Gasteiger partial charge in [-0.1, -0.05) is 17.7 Å². The summed E-state index contributed by atoms with van der Waals surface area (Å²) in [6.45, 7) is 1.99. The van der Waals surface area contributed by atoms with E-state index >= 15 is 0 Å². The van der Waals surface area contributed by atoms with Crippen LogP contribution in [0, 0.1) is 18.3 Å². The smallest absolute Gasteiger partial charge is 0.266 e. The number of nitrogens with one attached hydrogen (secondary N) is 1. The number of amides is 1. The molecule has 0 aliphatic heterocycles. The Balaban J connectivity index is 1.79. The molecule has 1 heterocycles. The number of benzene rings is 2. The summed E-state index contributed by atoms with van der Waals surface area (Å²) >= 11 is 0. The minimum absolute atomic E-state index is 0.108. The zero-order valence-electron chi connectivity index (χ0n) is 16.2. The highest BCUT2D eigenvalue weighted by Crippen LogP contribution is 2.30. The molecule has 0 aliphatic rings. The molecule has 0 saturated heterocycles. The molecule has 29 heavy (non-hydrogen) atoms. The van der Waals surface area contributed by atoms with Crippen molar-refractivity contribution in [1.82, 2.24) is 4.98 Å². The Hall–Kier alpha value is -4.05. The Morgan fingerprint density at radius 1 is 1.14 bits per heavy atom. The zero-order chi connectivity index (χ0) is 20.8. The maximum absolute atomic E-state index is 12.5. The number of oxazole rings is 1. The minimum atomic E-state index is -0.570. The summed E-state index contributed by atoms with van der Waals surface area (Å²) in [5.74, 6) is 0.841. The van der Waals surface area contributed by atoms with Gasteiger partial charge in [0.25, 0.3) is 5.91 Å². The number of aromatic nitrogens is 1. The second-order valence-electron chi connectivity index (χ2n) is 6.14. The van der Waals surface area contributed by atoms with Crippen LogP contribution in [0.5, 0.6) is 11.5 Å². The third kappa shape index (κ3) is 4.62. The average molecular weight is 389 g/mol. The first-order valence-electron chi connectivity index (χ1n) is 8.71. The van der Waals surface area contributed by atoms with Gasteiger partial charge in [0.1, 0.15) is 23.6 Å². The van der Waals surface area contributed by atoms with Crippen LogP contribution in [-0.2, 0) is 4.79 Å². The molecule has 0 fully saturated rings. The van der Waals surface area contributed by atoms with Crippen LogP contribution in [0.3, 0.4) is 0 Å². The molecule has 146 valence electrons. The lowest BCUT2D eigenvalue weighted by Gasteiger charge is -2.10. The summed E-state index contributed by atoms with van der Waals surface area (Å²) in [7, 11) is 3.02. The first-order valence-corrected chi connectivity index (χ1v) is 8.71. The maximum atomic E-state index is 12.5. The van der Waals surface area contributed by atoms with Gasteiger partial charge in [0, 0.05) is 17.3 Å². The van der Waals surface area contributed by atoms with Gasteiger partial charge in [0.15, 0.2) is 11.5 Å². The first-order chi connectivity index (χ1) is 14.0. The van der Waals surface area contributed by atoms with E-state index in [1.54, 1.807) is 18.2 Å². The Morgan fingerprint density at radius 3 is 2.52 bits per heavy atom. The normalized spacial score (nSPS) is 10.9. The van der Waals surface area contributed by atoms with E-state index in [-0.39, 0.29) is 5.57 Å². The Morgan fingerprint density at radius 2 is 1.86 bits per heavy atom. The number of carbonyl (C=O) groups excluding carboxylic acids is 1. The highest BCUT2D eigenvalue weighted by atomic mass is 16.5. The van der Waals surface area contributed by atoms with Crippen molar-refractivity contribution in [1.29, 1.82) is 5.26 Å². The molecule has 2 aromatic carbocycles. The van der Waals surface area contributed by atoms with Gasteiger partial charge in [0.05, 0.1) is 14.2 Å². The number of nitrogens with zero attached hydrogens (tertiary/aromatic N) is 2. The zero-order valence-corrected chi connectivity index (χ0v) is 16.2. The number of rotatable bonds is 6. The highest BCUT2D eigenvalue weighted by Gasteiger charge is 2.13. The average Bonchev–Trinajstić information content (AvgIpc) is 3.21. The molecule has 1 aromatic heterocycles. The highest BCUT2D eigenvalue weighted by molar-refractivity contribution is 6.09. The van der Waals surface area contributed by atoms with Crippen molar-refractivity contribution in [2.24, 2.45) is 0 Å². The van der Waals surface area contributed by atoms with Crippen molar-refractivity contribution < 1.29 is 18.7 Å². The molecule has 3 aromatic rings. The van der Waals surface area contributed by atoms with Crippen molar-refractivity contribution in [2.75, 3.05) is 19.5 Å². The van der Waals surface area contributed by atoms with E-state index < -0.39 is 5.91 Å². The van der Waals surface area contributed by atoms with E-state index in [1.807, 2.05) is 37.3 Å². The predicted octanol–water partition coefficient (Wildman–Crippen LogP) is 4.21. The van der Waals surface area contributed by atoms with Crippen LogP contribution < -0.4 is 14.8 Å². The van der Waals surface area contributed by atoms with Gasteiger partial charge in [-0.25, -0.2) is 4.98 Å². The lowest BCUT2D eigenvalue weighted by molar-refractivity contribution is -0.112. The second-order valence-corrected chi connectivity index (χ2v) is 6.14. The molecule has 7 heteroatoms. The number of carbonyl (C=O) groups is 1. The molecule has 1 amide bonds. The van der Waals surface area contributed by atoms with Crippen LogP contribution in [-0.4, -0.2) is 25.1 Å². The fourth-order valence-electron chi connectivity index (χ4n) is 2.59. The van der Waals surface area contributed by atoms with E-state index in [9.17, 15) is 10.1 Å². The van der Waals surface area contributed by atoms with Crippen LogP contribution in [0.2, 0.25) is 0 Å². The second kappa shape index (κ2) is 8.76. The quantitative estimate of drug-likeness (QED) is 0.501. The van der Waals surface area contributed by atoms with Crippen LogP contribution in [0.1, 0.15) is 11.3 Å². The van der Waals surface area contributed by atoms with E-state index in [1.165, 1.54) is 26.6 Å². The Bertz CT molecular complexity index is 1090. The molecule has 0 unspecified atom stereocenters. The Labute approximate surface area is 168 Å². The van der Waals surface area contributed by atoms with Gasteiger partial charge in [-0.15, -0.1) is 0 Å². The number of methoxy groups -OCH3 is 2. The van der Waals surface area contributed by atoms with E-state index in [0.717, 1.165) is 11.1 Å². The topological polar surface area (TPSA) is 97.4 Å². The minimum Gasteiger partial charge on any atom is -0.493 e. The van der Waals surface area contributed by atoms with Gasteiger partial charge in [-0.3, -0.25) is 4.79 Å². The summed E-state index contributed by atoms with van der Waals surface area (Å²) in [5, 5.41) is 12.1. The van der Waals surface area contributed by atoms with Gasteiger partial charge < -0.3 is 19.2 Å². The number of hydrogen-bond acceptors (Lipinski definition) is 6. The van der Waals surface area contributed by atoms with E-state index in [2.05, 4.69) is 10.3 Å². The standard InChI is InChI=1S/C22H19N3O4/c1-14-4-6-15(7-5-14)22-25-18(13-29-22)10-16(12-23)21(26)24-17-8-9-19(27-2)20(11-17)28-3/h4-11,13H,1-3H3,(H,24,26)/b16-10-. The van der Waals surface area contributed by atoms with Gasteiger partial charge in [-0.05, 0) is 37.3 Å². The SMILES string of the molecule is COc1ccc(NC(=O)/C(C#N)=C\c2coc(-c3ccc(C)cc3)n2)cc1OC. The lowest BCUT2D eigenvalue weighted by Crippen LogP contribution is -2.13. The third-order valence-corrected chi connectivity index (χ3v) is 4.12. The van der Waals surface area contributed by atoms with Gasteiger partial charge in [0.2, 0.25) is 5.89 Å². The number of aryl methyl sites for hydroxylation is 1. The fraction of sp³-hybridized carbons (Fsp3) is 0.136. The van der Waals surface area contributed by atoms with Crippen LogP contribution in [0.25, 0.3) is 17.5 Å². The van der Waals surface area contributed by atoms with Gasteiger partial charge >= 0.3 is 0 Å². The number of nitriles is 1. The van der Waals surface area contributed by atoms with Crippen LogP contribution >= 0.6 is 0 Å². The summed E-state index contributed by atoms with van der Waals surface area (Å²) in [6, 6.07) is 14.5. The van der Waals surface area contributed by atoms with Gasteiger partial charge in [-0.2, -0.15) is 5.26 Å². The lowest BCUT2D eigenvalue weighted by atomic mass is 10.1. The molecule has 0 aliphatic carbocycles. The number of ether oxygens (including phenoxy) is 2. The summed E-state index contributed by atoms with van der Waals surface area (Å²) < 4.78 is 15.8. The maximum Gasteiger partial charge on any atom is 0.266 e. The van der Waals surface area contributed by atoms with Crippen LogP contribution in [0.15, 0.2) is 58.7 Å². The Kier molecular flexibility index (Phi) is 5.95. The number of anilines is 1. The molecule has 0 bridgehead atoms. The van der Waals surface area contributed by atoms with Crippen LogP contribution in [0.4, 0.5) is 5.69 Å². The van der Waals surface area contributed by atoms with E-state index in [0.29, 0.717) is 28.8 Å². The summed E-state index contributed by atoms with van der Waals surface area (Å²) in [5.41, 5.74) is 2.67. The fourth-order valence-corrected chi connectivity index (χ4v) is 2.59. The third-order valence-electron chi connectivity index (χ3n) is 4.12. The molecular formula is C22H19N3O4. The summed E-state index contributed by atoms with van der Waals surface area (Å²) in [4.78, 5) is 16.8. The molecule has 0 saturated carbocycles. The molecule has 7 nitrogen and oxygen atoms in total. The number of hydrogen-bond donors (Lipinski definition) is 1. The molecule has 3 rings (SSSR count). The van der Waals surface area contributed by atoms with Crippen molar-refractivity contribution >= 4 is 17.7 Å². The van der Waals surface area contributed by atoms with Crippen molar-refractivity contribution in [3.63, 3.8) is 0 Å². The van der Waals surface area contributed by atoms with Crippen molar-refractivity contribution in [2.45, 2.75) is 6.92 Å². The molecule has 0 radical (unpaired) electrons. The molecule has 0 atom stereocenters. The molecule has 0 spiro atoms. The van der Waals surface area contributed by atoms with E-state index in [4.69, 9.17) is 13.9 Å². The van der Waals surface area contributed by atoms with Crippen molar-refractivity contribution in [3.8, 4) is 29.0 Å². The summed E-state index contributed by atoms with van der Waals surface area (Å²) in [6.07, 6.45) is 2.77. The molecular weight excluding hydrogens is 370 g/mol. The first kappa shape index (κ1) is 19.7. The monoisotopic (exact) mass is 389 g/mol.